The van der Waals surface area contributed by atoms with Crippen LogP contribution in [0, 0.1) is 10.1 Å². The number of hydrogen-bond acceptors (Lipinski definition) is 6. The molecule has 0 radical (unpaired) electrons. The minimum atomic E-state index is -0.564. The highest BCUT2D eigenvalue weighted by Crippen LogP contribution is 2.29. The lowest BCUT2D eigenvalue weighted by molar-refractivity contribution is -0.384. The summed E-state index contributed by atoms with van der Waals surface area (Å²) in [6.45, 7) is 2.38. The first kappa shape index (κ1) is 20.7. The summed E-state index contributed by atoms with van der Waals surface area (Å²) >= 11 is 0. The number of non-ortho nitro benzene ring substituents is 1. The highest BCUT2D eigenvalue weighted by atomic mass is 16.6. The molecule has 2 amide bonds. The number of unbranched alkanes of at least 4 members (excludes halogenated alkanes) is 1. The second-order valence-corrected chi connectivity index (χ2v) is 5.79. The minimum absolute atomic E-state index is 0.149. The second kappa shape index (κ2) is 9.91. The highest BCUT2D eigenvalue weighted by Gasteiger charge is 2.14. The lowest BCUT2D eigenvalue weighted by Gasteiger charge is -2.11. The molecule has 2 aromatic rings. The van der Waals surface area contributed by atoms with Crippen molar-refractivity contribution in [3.05, 3.63) is 58.1 Å². The van der Waals surface area contributed by atoms with E-state index < -0.39 is 16.9 Å². The van der Waals surface area contributed by atoms with Gasteiger partial charge in [-0.1, -0.05) is 13.3 Å². The molecule has 9 heteroatoms. The molecule has 0 saturated heterocycles. The maximum absolute atomic E-state index is 12.2. The number of nitrogens with zero attached hydrogens (tertiary/aromatic N) is 1. The van der Waals surface area contributed by atoms with Crippen molar-refractivity contribution in [3.63, 3.8) is 0 Å². The van der Waals surface area contributed by atoms with Crippen molar-refractivity contribution in [2.24, 2.45) is 0 Å². The predicted molar refractivity (Wildman–Crippen MR) is 104 cm³/mol. The monoisotopic (exact) mass is 387 g/mol. The van der Waals surface area contributed by atoms with E-state index in [4.69, 9.17) is 9.47 Å². The number of urea groups is 1. The maximum Gasteiger partial charge on any atom is 0.338 e. The van der Waals surface area contributed by atoms with Crippen molar-refractivity contribution >= 4 is 29.1 Å². The zero-order chi connectivity index (χ0) is 20.5. The maximum atomic E-state index is 12.2. The van der Waals surface area contributed by atoms with E-state index in [2.05, 4.69) is 10.6 Å². The Balaban J connectivity index is 1.98. The molecule has 0 unspecified atom stereocenters. The largest absolute Gasteiger partial charge is 0.494 e. The van der Waals surface area contributed by atoms with Crippen molar-refractivity contribution in [1.82, 2.24) is 0 Å². The Bertz CT molecular complexity index is 851. The number of ether oxygens (including phenoxy) is 2. The summed E-state index contributed by atoms with van der Waals surface area (Å²) in [6, 6.07) is 9.54. The number of nitrogens with one attached hydrogen (secondary N) is 2. The van der Waals surface area contributed by atoms with Gasteiger partial charge in [-0.25, -0.2) is 9.59 Å². The molecule has 0 fully saturated rings. The van der Waals surface area contributed by atoms with Gasteiger partial charge in [-0.2, -0.15) is 0 Å². The summed E-state index contributed by atoms with van der Waals surface area (Å²) < 4.78 is 10.2. The molecule has 148 valence electrons. The Morgan fingerprint density at radius 1 is 1.11 bits per heavy atom. The lowest BCUT2D eigenvalue weighted by Crippen LogP contribution is -2.20. The fourth-order valence-electron chi connectivity index (χ4n) is 2.26. The van der Waals surface area contributed by atoms with E-state index in [1.807, 2.05) is 6.92 Å². The standard InChI is InChI=1S/C19H21N3O6/c1-3-4-11-28-18(23)13-5-7-14(8-6-13)20-19(24)21-16-10-9-15(22(25)26)12-17(16)27-2/h5-10,12H,3-4,11H2,1-2H3,(H2,20,21,24). The summed E-state index contributed by atoms with van der Waals surface area (Å²) in [5, 5.41) is 16.0. The molecule has 2 rings (SSSR count). The molecule has 0 saturated carbocycles. The Hall–Kier alpha value is -3.62. The van der Waals surface area contributed by atoms with Crippen LogP contribution < -0.4 is 15.4 Å². The van der Waals surface area contributed by atoms with Crippen molar-refractivity contribution in [2.45, 2.75) is 19.8 Å². The Labute approximate surface area is 161 Å². The average molecular weight is 387 g/mol. The quantitative estimate of drug-likeness (QED) is 0.303. The number of amides is 2. The second-order valence-electron chi connectivity index (χ2n) is 5.79. The van der Waals surface area contributed by atoms with E-state index in [-0.39, 0.29) is 17.1 Å². The molecule has 0 heterocycles. The fourth-order valence-corrected chi connectivity index (χ4v) is 2.26. The summed E-state index contributed by atoms with van der Waals surface area (Å²) in [7, 11) is 1.35. The Morgan fingerprint density at radius 2 is 1.82 bits per heavy atom. The van der Waals surface area contributed by atoms with Gasteiger partial charge in [0.1, 0.15) is 5.75 Å². The van der Waals surface area contributed by atoms with E-state index in [1.165, 1.54) is 25.3 Å². The fraction of sp³-hybridized carbons (Fsp3) is 0.263. The number of esters is 1. The van der Waals surface area contributed by atoms with E-state index in [9.17, 15) is 19.7 Å². The van der Waals surface area contributed by atoms with Crippen LogP contribution in [-0.4, -0.2) is 30.6 Å². The normalized spacial score (nSPS) is 10.1. The van der Waals surface area contributed by atoms with Gasteiger partial charge in [0.15, 0.2) is 0 Å². The summed E-state index contributed by atoms with van der Waals surface area (Å²) in [5.41, 5.74) is 0.980. The van der Waals surface area contributed by atoms with Gasteiger partial charge in [0.25, 0.3) is 5.69 Å². The molecule has 0 atom stereocenters. The lowest BCUT2D eigenvalue weighted by atomic mass is 10.2. The molecule has 0 aliphatic rings. The van der Waals surface area contributed by atoms with Crippen LogP contribution in [-0.2, 0) is 4.74 Å². The number of nitro benzene ring substituents is 1. The topological polar surface area (TPSA) is 120 Å². The van der Waals surface area contributed by atoms with Crippen molar-refractivity contribution < 1.29 is 24.0 Å². The van der Waals surface area contributed by atoms with Crippen LogP contribution in [0.1, 0.15) is 30.1 Å². The third-order valence-electron chi connectivity index (χ3n) is 3.75. The molecule has 0 aliphatic carbocycles. The molecule has 0 aromatic heterocycles. The molecule has 0 aliphatic heterocycles. The van der Waals surface area contributed by atoms with Gasteiger partial charge in [-0.15, -0.1) is 0 Å². The molecule has 0 spiro atoms. The third-order valence-corrected chi connectivity index (χ3v) is 3.75. The van der Waals surface area contributed by atoms with Crippen LogP contribution in [0.25, 0.3) is 0 Å². The smallest absolute Gasteiger partial charge is 0.338 e. The number of anilines is 2. The van der Waals surface area contributed by atoms with Crippen LogP contribution >= 0.6 is 0 Å². The highest BCUT2D eigenvalue weighted by molar-refractivity contribution is 6.01. The Morgan fingerprint density at radius 3 is 2.43 bits per heavy atom. The number of methoxy groups -OCH3 is 1. The van der Waals surface area contributed by atoms with Crippen LogP contribution in [0.3, 0.4) is 0 Å². The predicted octanol–water partition coefficient (Wildman–Crippen LogP) is 4.20. The van der Waals surface area contributed by atoms with Gasteiger partial charge in [0.2, 0.25) is 0 Å². The number of rotatable bonds is 8. The van der Waals surface area contributed by atoms with Gasteiger partial charge in [0.05, 0.1) is 36.0 Å². The van der Waals surface area contributed by atoms with Gasteiger partial charge >= 0.3 is 12.0 Å². The average Bonchev–Trinajstić information content (AvgIpc) is 2.68. The minimum Gasteiger partial charge on any atom is -0.494 e. The zero-order valence-electron chi connectivity index (χ0n) is 15.6. The van der Waals surface area contributed by atoms with Crippen LogP contribution in [0.5, 0.6) is 5.75 Å². The van der Waals surface area contributed by atoms with E-state index in [0.29, 0.717) is 17.9 Å². The first-order valence-electron chi connectivity index (χ1n) is 8.62. The summed E-state index contributed by atoms with van der Waals surface area (Å²) in [6.07, 6.45) is 1.74. The van der Waals surface area contributed by atoms with E-state index in [1.54, 1.807) is 24.3 Å². The van der Waals surface area contributed by atoms with Gasteiger partial charge in [-0.05, 0) is 36.8 Å². The third kappa shape index (κ3) is 5.70. The molecule has 9 nitrogen and oxygen atoms in total. The van der Waals surface area contributed by atoms with E-state index in [0.717, 1.165) is 12.8 Å². The number of nitro groups is 1. The molecule has 2 N–H and O–H groups in total. The van der Waals surface area contributed by atoms with Crippen molar-refractivity contribution in [2.75, 3.05) is 24.4 Å². The van der Waals surface area contributed by atoms with Gasteiger partial charge < -0.3 is 20.1 Å². The molecular formula is C19H21N3O6. The SMILES string of the molecule is CCCCOC(=O)c1ccc(NC(=O)Nc2ccc([N+](=O)[O-])cc2OC)cc1. The number of hydrogen-bond donors (Lipinski definition) is 2. The zero-order valence-corrected chi connectivity index (χ0v) is 15.6. The first-order valence-corrected chi connectivity index (χ1v) is 8.62. The van der Waals surface area contributed by atoms with E-state index >= 15 is 0 Å². The number of carbonyl (C=O) groups excluding carboxylic acids is 2. The van der Waals surface area contributed by atoms with Gasteiger partial charge in [-0.3, -0.25) is 10.1 Å². The van der Waals surface area contributed by atoms with Crippen LogP contribution in [0.2, 0.25) is 0 Å². The molecular weight excluding hydrogens is 366 g/mol. The molecule has 28 heavy (non-hydrogen) atoms. The summed E-state index contributed by atoms with van der Waals surface area (Å²) in [4.78, 5) is 34.3. The Kier molecular flexibility index (Phi) is 7.32. The number of benzene rings is 2. The number of carbonyl (C=O) groups is 2. The van der Waals surface area contributed by atoms with Crippen molar-refractivity contribution in [3.8, 4) is 5.75 Å². The van der Waals surface area contributed by atoms with Crippen LogP contribution in [0.15, 0.2) is 42.5 Å². The van der Waals surface area contributed by atoms with Gasteiger partial charge in [0, 0.05) is 11.8 Å². The van der Waals surface area contributed by atoms with Crippen LogP contribution in [0.4, 0.5) is 21.9 Å². The molecule has 0 bridgehead atoms. The molecule has 2 aromatic carbocycles. The summed E-state index contributed by atoms with van der Waals surface area (Å²) in [5.74, 6) is -0.255. The van der Waals surface area contributed by atoms with Crippen molar-refractivity contribution in [1.29, 1.82) is 0 Å². The first-order chi connectivity index (χ1) is 13.4.